The smallest absolute Gasteiger partial charge is 0.252 e. The first-order chi connectivity index (χ1) is 7.11. The van der Waals surface area contributed by atoms with Crippen molar-refractivity contribution in [3.05, 3.63) is 0 Å². The third kappa shape index (κ3) is 1.74. The molecule has 0 radical (unpaired) electrons. The Morgan fingerprint density at radius 1 is 1.40 bits per heavy atom. The van der Waals surface area contributed by atoms with Gasteiger partial charge in [0.05, 0.1) is 13.0 Å². The Morgan fingerprint density at radius 3 is 2.60 bits per heavy atom. The molecule has 6 nitrogen and oxygen atoms in total. The van der Waals surface area contributed by atoms with Gasteiger partial charge < -0.3 is 0 Å². The van der Waals surface area contributed by atoms with Gasteiger partial charge in [-0.15, -0.1) is 5.10 Å². The minimum absolute atomic E-state index is 0.0349. The number of thioether (sulfide) groups is 1. The number of aryl methyl sites for hydroxylation is 1. The van der Waals surface area contributed by atoms with E-state index in [-0.39, 0.29) is 24.7 Å². The van der Waals surface area contributed by atoms with E-state index in [2.05, 4.69) is 10.1 Å². The minimum Gasteiger partial charge on any atom is -0.297 e. The number of nitrogens with zero attached hydrogens (tertiary/aromatic N) is 4. The van der Waals surface area contributed by atoms with Crippen LogP contribution in [0.1, 0.15) is 6.42 Å². The number of amides is 1. The highest BCUT2D eigenvalue weighted by molar-refractivity contribution is 7.98. The second kappa shape index (κ2) is 3.65. The molecule has 0 aliphatic carbocycles. The van der Waals surface area contributed by atoms with Crippen LogP contribution in [0.4, 0.5) is 5.95 Å². The van der Waals surface area contributed by atoms with E-state index in [0.717, 1.165) is 5.16 Å². The van der Waals surface area contributed by atoms with E-state index in [1.807, 2.05) is 6.26 Å². The molecule has 1 aliphatic heterocycles. The van der Waals surface area contributed by atoms with Crippen molar-refractivity contribution in [3.63, 3.8) is 0 Å². The maximum atomic E-state index is 11.4. The van der Waals surface area contributed by atoms with Crippen molar-refractivity contribution in [1.82, 2.24) is 14.8 Å². The molecule has 80 valence electrons. The van der Waals surface area contributed by atoms with Crippen molar-refractivity contribution >= 4 is 29.4 Å². The first-order valence-corrected chi connectivity index (χ1v) is 5.61. The number of aromatic nitrogens is 3. The van der Waals surface area contributed by atoms with Crippen LogP contribution in [0.25, 0.3) is 0 Å². The van der Waals surface area contributed by atoms with Gasteiger partial charge in [-0.3, -0.25) is 14.5 Å². The number of hydrogen-bond acceptors (Lipinski definition) is 5. The highest BCUT2D eigenvalue weighted by Gasteiger charge is 2.31. The maximum absolute atomic E-state index is 11.4. The average molecular weight is 226 g/mol. The van der Waals surface area contributed by atoms with E-state index in [9.17, 15) is 9.59 Å². The highest BCUT2D eigenvalue weighted by Crippen LogP contribution is 2.19. The van der Waals surface area contributed by atoms with Crippen LogP contribution in [-0.2, 0) is 16.6 Å². The monoisotopic (exact) mass is 226 g/mol. The van der Waals surface area contributed by atoms with Crippen molar-refractivity contribution in [3.8, 4) is 0 Å². The molecule has 1 aromatic rings. The van der Waals surface area contributed by atoms with Gasteiger partial charge in [-0.2, -0.15) is 4.98 Å². The van der Waals surface area contributed by atoms with E-state index >= 15 is 0 Å². The number of ketones is 1. The van der Waals surface area contributed by atoms with Gasteiger partial charge in [0.25, 0.3) is 5.95 Å². The summed E-state index contributed by atoms with van der Waals surface area (Å²) in [5.74, 6) is 0.00843. The van der Waals surface area contributed by atoms with Crippen LogP contribution in [0.5, 0.6) is 0 Å². The normalized spacial score (nSPS) is 16.5. The fourth-order valence-electron chi connectivity index (χ4n) is 1.42. The average Bonchev–Trinajstić information content (AvgIpc) is 2.69. The van der Waals surface area contributed by atoms with Gasteiger partial charge in [0.2, 0.25) is 5.91 Å². The van der Waals surface area contributed by atoms with Crippen LogP contribution in [0.3, 0.4) is 0 Å². The van der Waals surface area contributed by atoms with Crippen LogP contribution in [0.15, 0.2) is 5.16 Å². The summed E-state index contributed by atoms with van der Waals surface area (Å²) in [6, 6.07) is 0. The number of carbonyl (C=O) groups is 2. The molecule has 2 heterocycles. The Bertz CT molecular complexity index is 428. The molecule has 7 heteroatoms. The van der Waals surface area contributed by atoms with E-state index in [1.54, 1.807) is 11.7 Å². The van der Waals surface area contributed by atoms with Crippen LogP contribution >= 0.6 is 11.8 Å². The number of hydrogen-bond donors (Lipinski definition) is 0. The molecule has 2 rings (SSSR count). The third-order valence-corrected chi connectivity index (χ3v) is 2.84. The van der Waals surface area contributed by atoms with Gasteiger partial charge in [0, 0.05) is 7.05 Å². The molecule has 0 unspecified atom stereocenters. The quantitative estimate of drug-likeness (QED) is 0.518. The largest absolute Gasteiger partial charge is 0.297 e. The number of Topliss-reactive ketones (excluding diaryl/α,β-unsaturated/α-hetero) is 1. The fraction of sp³-hybridized carbons (Fsp3) is 0.500. The summed E-state index contributed by atoms with van der Waals surface area (Å²) in [6.45, 7) is 0.0939. The summed E-state index contributed by atoms with van der Waals surface area (Å²) in [5.41, 5.74) is 0. The maximum Gasteiger partial charge on any atom is 0.252 e. The molecular formula is C8H10N4O2S. The topological polar surface area (TPSA) is 68.1 Å². The second-order valence-corrected chi connectivity index (χ2v) is 3.99. The molecule has 1 saturated heterocycles. The molecule has 1 aliphatic rings. The van der Waals surface area contributed by atoms with Crippen LogP contribution in [-0.4, -0.2) is 39.3 Å². The molecule has 15 heavy (non-hydrogen) atoms. The van der Waals surface area contributed by atoms with E-state index in [0.29, 0.717) is 5.95 Å². The predicted octanol–water partition coefficient (Wildman–Crippen LogP) is -0.157. The summed E-state index contributed by atoms with van der Waals surface area (Å²) in [7, 11) is 1.75. The SMILES string of the molecule is CSc1nc(N2CC(=O)CC2=O)nn1C. The lowest BCUT2D eigenvalue weighted by molar-refractivity contribution is -0.121. The lowest BCUT2D eigenvalue weighted by atomic mass is 10.3. The number of anilines is 1. The molecular weight excluding hydrogens is 216 g/mol. The number of carbonyl (C=O) groups excluding carboxylic acids is 2. The molecule has 0 spiro atoms. The summed E-state index contributed by atoms with van der Waals surface area (Å²) in [6.07, 6.45) is 1.84. The van der Waals surface area contributed by atoms with Crippen molar-refractivity contribution in [2.75, 3.05) is 17.7 Å². The van der Waals surface area contributed by atoms with Crippen LogP contribution in [0, 0.1) is 0 Å². The molecule has 0 bridgehead atoms. The molecule has 1 fully saturated rings. The lowest BCUT2D eigenvalue weighted by Gasteiger charge is -2.07. The fourth-order valence-corrected chi connectivity index (χ4v) is 1.89. The zero-order valence-electron chi connectivity index (χ0n) is 8.43. The highest BCUT2D eigenvalue weighted by atomic mass is 32.2. The zero-order valence-corrected chi connectivity index (χ0v) is 9.24. The number of rotatable bonds is 2. The van der Waals surface area contributed by atoms with Crippen molar-refractivity contribution < 1.29 is 9.59 Å². The Morgan fingerprint density at radius 2 is 2.13 bits per heavy atom. The molecule has 0 N–H and O–H groups in total. The van der Waals surface area contributed by atoms with Gasteiger partial charge in [-0.05, 0) is 6.26 Å². The first kappa shape index (κ1) is 10.2. The Balaban J connectivity index is 2.30. The molecule has 0 atom stereocenters. The van der Waals surface area contributed by atoms with Crippen molar-refractivity contribution in [1.29, 1.82) is 0 Å². The van der Waals surface area contributed by atoms with Crippen LogP contribution in [0.2, 0.25) is 0 Å². The zero-order chi connectivity index (χ0) is 11.0. The third-order valence-electron chi connectivity index (χ3n) is 2.12. The summed E-state index contributed by atoms with van der Waals surface area (Å²) in [5, 5.41) is 4.81. The second-order valence-electron chi connectivity index (χ2n) is 3.22. The molecule has 1 aromatic heterocycles. The van der Waals surface area contributed by atoms with Crippen LogP contribution < -0.4 is 4.90 Å². The van der Waals surface area contributed by atoms with Crippen molar-refractivity contribution in [2.24, 2.45) is 7.05 Å². The molecule has 1 amide bonds. The Labute approximate surface area is 90.6 Å². The molecule has 0 saturated carbocycles. The van der Waals surface area contributed by atoms with E-state index in [1.165, 1.54) is 16.7 Å². The van der Waals surface area contributed by atoms with Gasteiger partial charge in [-0.1, -0.05) is 11.8 Å². The standard InChI is InChI=1S/C8H10N4O2S/c1-11-8(15-2)9-7(10-11)12-4-5(13)3-6(12)14/h3-4H2,1-2H3. The van der Waals surface area contributed by atoms with E-state index in [4.69, 9.17) is 0 Å². The van der Waals surface area contributed by atoms with Gasteiger partial charge in [-0.25, -0.2) is 4.68 Å². The Kier molecular flexibility index (Phi) is 2.47. The van der Waals surface area contributed by atoms with Crippen molar-refractivity contribution in [2.45, 2.75) is 11.6 Å². The minimum atomic E-state index is -0.224. The predicted molar refractivity (Wildman–Crippen MR) is 54.8 cm³/mol. The lowest BCUT2D eigenvalue weighted by Crippen LogP contribution is -2.25. The van der Waals surface area contributed by atoms with Gasteiger partial charge in [0.1, 0.15) is 0 Å². The van der Waals surface area contributed by atoms with Gasteiger partial charge >= 0.3 is 0 Å². The van der Waals surface area contributed by atoms with Gasteiger partial charge in [0.15, 0.2) is 10.9 Å². The molecule has 0 aromatic carbocycles. The summed E-state index contributed by atoms with van der Waals surface area (Å²) >= 11 is 1.44. The Hall–Kier alpha value is -1.37. The summed E-state index contributed by atoms with van der Waals surface area (Å²) in [4.78, 5) is 28.0. The van der Waals surface area contributed by atoms with E-state index < -0.39 is 0 Å². The summed E-state index contributed by atoms with van der Waals surface area (Å²) < 4.78 is 1.59. The first-order valence-electron chi connectivity index (χ1n) is 4.39.